The van der Waals surface area contributed by atoms with Crippen LogP contribution in [0.5, 0.6) is 0 Å². The Bertz CT molecular complexity index is 1210. The topological polar surface area (TPSA) is 53.1 Å². The van der Waals surface area contributed by atoms with E-state index in [-0.39, 0.29) is 11.7 Å². The minimum absolute atomic E-state index is 0.107. The number of carbonyl (C=O) groups excluding carboxylic acids is 2. The summed E-state index contributed by atoms with van der Waals surface area (Å²) in [6, 6.07) is 13.9. The summed E-state index contributed by atoms with van der Waals surface area (Å²) in [6.07, 6.45) is 6.42. The van der Waals surface area contributed by atoms with Gasteiger partial charge in [-0.3, -0.25) is 9.59 Å². The van der Waals surface area contributed by atoms with Crippen LogP contribution < -0.4 is 9.80 Å². The smallest absolute Gasteiger partial charge is 0.288 e. The third-order valence-corrected chi connectivity index (χ3v) is 6.13. The van der Waals surface area contributed by atoms with Gasteiger partial charge in [-0.1, -0.05) is 18.2 Å². The van der Waals surface area contributed by atoms with Crippen LogP contribution >= 0.6 is 0 Å². The molecule has 6 nitrogen and oxygen atoms in total. The highest BCUT2D eigenvalue weighted by Gasteiger charge is 2.58. The third-order valence-electron chi connectivity index (χ3n) is 6.13. The number of amides is 1. The number of fused-ring (bicyclic) bond motifs is 5. The molecule has 0 saturated heterocycles. The molecule has 2 aromatic rings. The van der Waals surface area contributed by atoms with E-state index in [1.807, 2.05) is 80.5 Å². The maximum atomic E-state index is 13.5. The first-order valence-electron chi connectivity index (χ1n) is 10.1. The van der Waals surface area contributed by atoms with Gasteiger partial charge in [-0.15, -0.1) is 0 Å². The first-order chi connectivity index (χ1) is 14.8. The molecule has 2 aromatic carbocycles. The summed E-state index contributed by atoms with van der Waals surface area (Å²) in [6.45, 7) is 0. The normalized spacial score (nSPS) is 21.0. The van der Waals surface area contributed by atoms with Crippen LogP contribution in [0, 0.1) is 0 Å². The summed E-state index contributed by atoms with van der Waals surface area (Å²) in [5, 5.41) is 1.41. The van der Waals surface area contributed by atoms with Crippen LogP contribution in [0.25, 0.3) is 0 Å². The number of nitrogens with zero attached hydrogens (tertiary/aromatic N) is 3. The number of ketones is 1. The molecule has 3 aliphatic rings. The van der Waals surface area contributed by atoms with Crippen LogP contribution in [0.2, 0.25) is 0 Å². The molecule has 156 valence electrons. The van der Waals surface area contributed by atoms with Gasteiger partial charge in [0.2, 0.25) is 0 Å². The van der Waals surface area contributed by atoms with Crippen molar-refractivity contribution < 1.29 is 14.4 Å². The Labute approximate surface area is 181 Å². The zero-order valence-electron chi connectivity index (χ0n) is 17.9. The predicted octanol–water partition coefficient (Wildman–Crippen LogP) is 3.41. The minimum Gasteiger partial charge on any atom is -0.382 e. The van der Waals surface area contributed by atoms with Crippen LogP contribution in [-0.4, -0.2) is 44.9 Å². The molecule has 1 amide bonds. The third kappa shape index (κ3) is 2.57. The molecule has 31 heavy (non-hydrogen) atoms. The molecule has 1 atom stereocenters. The van der Waals surface area contributed by atoms with Gasteiger partial charge < -0.3 is 14.6 Å². The largest absolute Gasteiger partial charge is 0.382 e. The van der Waals surface area contributed by atoms with E-state index in [1.165, 1.54) is 17.4 Å². The average molecular weight is 413 g/mol. The van der Waals surface area contributed by atoms with Crippen molar-refractivity contribution in [2.45, 2.75) is 5.54 Å². The second-order valence-electron chi connectivity index (χ2n) is 8.35. The Morgan fingerprint density at radius 1 is 0.871 bits per heavy atom. The Hall–Kier alpha value is -3.80. The quantitative estimate of drug-likeness (QED) is 0.772. The van der Waals surface area contributed by atoms with Gasteiger partial charge >= 0.3 is 0 Å². The van der Waals surface area contributed by atoms with E-state index < -0.39 is 5.54 Å². The van der Waals surface area contributed by atoms with Crippen LogP contribution in [0.15, 0.2) is 78.1 Å². The Morgan fingerprint density at radius 2 is 1.55 bits per heavy atom. The minimum atomic E-state index is -1.04. The molecule has 6 heteroatoms. The number of hydrogen-bond donors (Lipinski definition) is 0. The highest BCUT2D eigenvalue weighted by molar-refractivity contribution is 6.06. The predicted molar refractivity (Wildman–Crippen MR) is 120 cm³/mol. The van der Waals surface area contributed by atoms with Gasteiger partial charge in [0.05, 0.1) is 5.56 Å². The van der Waals surface area contributed by atoms with E-state index in [9.17, 15) is 9.59 Å². The zero-order chi connectivity index (χ0) is 21.9. The number of carbonyl (C=O) groups is 2. The van der Waals surface area contributed by atoms with E-state index in [4.69, 9.17) is 4.84 Å². The maximum absolute atomic E-state index is 13.5. The van der Waals surface area contributed by atoms with Gasteiger partial charge in [0.15, 0.2) is 11.3 Å². The number of allylic oxidation sites excluding steroid dienone is 3. The van der Waals surface area contributed by atoms with E-state index in [1.54, 1.807) is 12.2 Å². The molecule has 0 radical (unpaired) electrons. The molecule has 0 bridgehead atoms. The SMILES string of the molecule is CN(C)c1ccc(C23C4=CC(=O)C=CC4=CON2C(=O)c2cc(N(C)C)ccc23)cc1. The lowest BCUT2D eigenvalue weighted by molar-refractivity contribution is -0.120. The van der Waals surface area contributed by atoms with Crippen molar-refractivity contribution in [1.29, 1.82) is 0 Å². The fourth-order valence-electron chi connectivity index (χ4n) is 4.55. The molecular formula is C25H23N3O3. The molecule has 1 unspecified atom stereocenters. The van der Waals surface area contributed by atoms with E-state index in [0.717, 1.165) is 33.6 Å². The Morgan fingerprint density at radius 3 is 2.23 bits per heavy atom. The van der Waals surface area contributed by atoms with Crippen LogP contribution in [0.4, 0.5) is 11.4 Å². The van der Waals surface area contributed by atoms with Crippen molar-refractivity contribution in [2.75, 3.05) is 38.0 Å². The van der Waals surface area contributed by atoms with Gasteiger partial charge in [-0.2, -0.15) is 5.06 Å². The molecule has 0 spiro atoms. The van der Waals surface area contributed by atoms with Crippen molar-refractivity contribution in [3.05, 3.63) is 94.8 Å². The van der Waals surface area contributed by atoms with Crippen LogP contribution in [0.3, 0.4) is 0 Å². The van der Waals surface area contributed by atoms with Crippen molar-refractivity contribution >= 4 is 23.1 Å². The van der Waals surface area contributed by atoms with E-state index >= 15 is 0 Å². The second-order valence-corrected chi connectivity index (χ2v) is 8.35. The van der Waals surface area contributed by atoms with Gasteiger partial charge in [-0.25, -0.2) is 0 Å². The zero-order valence-corrected chi connectivity index (χ0v) is 17.9. The summed E-state index contributed by atoms with van der Waals surface area (Å²) in [5.74, 6) is -0.335. The Balaban J connectivity index is 1.82. The number of hydrogen-bond acceptors (Lipinski definition) is 5. The number of anilines is 2. The van der Waals surface area contributed by atoms with Gasteiger partial charge in [0.25, 0.3) is 5.91 Å². The molecule has 1 aliphatic carbocycles. The van der Waals surface area contributed by atoms with Gasteiger partial charge in [0, 0.05) is 56.3 Å². The van der Waals surface area contributed by atoms with Crippen molar-refractivity contribution in [1.82, 2.24) is 5.06 Å². The van der Waals surface area contributed by atoms with Gasteiger partial charge in [0.1, 0.15) is 6.26 Å². The maximum Gasteiger partial charge on any atom is 0.288 e. The molecule has 2 heterocycles. The molecule has 0 saturated carbocycles. The van der Waals surface area contributed by atoms with Crippen LogP contribution in [-0.2, 0) is 15.2 Å². The monoisotopic (exact) mass is 413 g/mol. The summed E-state index contributed by atoms with van der Waals surface area (Å²) >= 11 is 0. The molecular weight excluding hydrogens is 390 g/mol. The second kappa shape index (κ2) is 6.60. The first-order valence-corrected chi connectivity index (χ1v) is 10.1. The van der Waals surface area contributed by atoms with Crippen LogP contribution in [0.1, 0.15) is 21.5 Å². The molecule has 0 fully saturated rings. The van der Waals surface area contributed by atoms with E-state index in [0.29, 0.717) is 5.56 Å². The molecule has 0 N–H and O–H groups in total. The van der Waals surface area contributed by atoms with Crippen molar-refractivity contribution in [3.63, 3.8) is 0 Å². The highest BCUT2D eigenvalue weighted by atomic mass is 16.7. The number of rotatable bonds is 3. The molecule has 5 rings (SSSR count). The highest BCUT2D eigenvalue weighted by Crippen LogP contribution is 2.54. The summed E-state index contributed by atoms with van der Waals surface area (Å²) < 4.78 is 0. The average Bonchev–Trinajstić information content (AvgIpc) is 3.03. The lowest BCUT2D eigenvalue weighted by Crippen LogP contribution is -2.48. The fraction of sp³-hybridized carbons (Fsp3) is 0.200. The summed E-state index contributed by atoms with van der Waals surface area (Å²) in [5.41, 5.74) is 4.70. The summed E-state index contributed by atoms with van der Waals surface area (Å²) in [7, 11) is 7.84. The lowest BCUT2D eigenvalue weighted by Gasteiger charge is -2.43. The van der Waals surface area contributed by atoms with E-state index in [2.05, 4.69) is 0 Å². The number of hydroxylamine groups is 2. The number of benzene rings is 2. The van der Waals surface area contributed by atoms with Crippen molar-refractivity contribution in [3.8, 4) is 0 Å². The summed E-state index contributed by atoms with van der Waals surface area (Å²) in [4.78, 5) is 35.9. The fourth-order valence-corrected chi connectivity index (χ4v) is 4.55. The van der Waals surface area contributed by atoms with Crippen molar-refractivity contribution in [2.24, 2.45) is 0 Å². The first kappa shape index (κ1) is 19.2. The lowest BCUT2D eigenvalue weighted by atomic mass is 9.72. The molecule has 0 aromatic heterocycles. The standard InChI is InChI=1S/C25H23N3O3/c1-26(2)18-8-6-17(7-9-18)25-22-12-10-19(27(3)4)13-21(22)24(30)28(25)31-15-16-5-11-20(29)14-23(16)25/h5-15H,1-4H3. The van der Waals surface area contributed by atoms with Gasteiger partial charge in [-0.05, 0) is 48.1 Å². The molecule has 2 aliphatic heterocycles. The Kier molecular flexibility index (Phi) is 4.09.